The molecule has 0 unspecified atom stereocenters. The van der Waals surface area contributed by atoms with Gasteiger partial charge in [-0.1, -0.05) is 0 Å². The SMILES string of the molecule is Cn1ncc2ccc(-n3c(C(=O)NC4CC4)nc4cccnc43)cc21. The smallest absolute Gasteiger partial charge is 0.287 e. The average Bonchev–Trinajstić information content (AvgIpc) is 3.24. The van der Waals surface area contributed by atoms with Crippen molar-refractivity contribution in [2.45, 2.75) is 18.9 Å². The third-order valence-corrected chi connectivity index (χ3v) is 4.52. The highest BCUT2D eigenvalue weighted by molar-refractivity contribution is 5.96. The fourth-order valence-corrected chi connectivity index (χ4v) is 3.06. The zero-order chi connectivity index (χ0) is 17.0. The first-order valence-electron chi connectivity index (χ1n) is 8.27. The maximum absolute atomic E-state index is 12.7. The van der Waals surface area contributed by atoms with Gasteiger partial charge in [0.2, 0.25) is 5.82 Å². The second-order valence-electron chi connectivity index (χ2n) is 6.38. The minimum atomic E-state index is -0.161. The number of aryl methyl sites for hydroxylation is 1. The Bertz CT molecular complexity index is 1120. The van der Waals surface area contributed by atoms with Crippen LogP contribution in [0.3, 0.4) is 0 Å². The molecular formula is C18H16N6O. The van der Waals surface area contributed by atoms with E-state index in [0.717, 1.165) is 29.4 Å². The van der Waals surface area contributed by atoms with Crippen LogP contribution in [0.1, 0.15) is 23.5 Å². The van der Waals surface area contributed by atoms with Crippen LogP contribution in [0.2, 0.25) is 0 Å². The van der Waals surface area contributed by atoms with E-state index >= 15 is 0 Å². The van der Waals surface area contributed by atoms with Crippen molar-refractivity contribution in [2.75, 3.05) is 0 Å². The fraction of sp³-hybridized carbons (Fsp3) is 0.222. The van der Waals surface area contributed by atoms with Crippen molar-refractivity contribution in [3.63, 3.8) is 0 Å². The number of fused-ring (bicyclic) bond motifs is 2. The minimum Gasteiger partial charge on any atom is -0.347 e. The number of carbonyl (C=O) groups is 1. The van der Waals surface area contributed by atoms with Gasteiger partial charge in [-0.15, -0.1) is 0 Å². The van der Waals surface area contributed by atoms with Gasteiger partial charge in [-0.05, 0) is 43.2 Å². The van der Waals surface area contributed by atoms with Crippen molar-refractivity contribution in [1.82, 2.24) is 29.6 Å². The highest BCUT2D eigenvalue weighted by Crippen LogP contribution is 2.25. The van der Waals surface area contributed by atoms with E-state index < -0.39 is 0 Å². The van der Waals surface area contributed by atoms with Crippen molar-refractivity contribution >= 4 is 28.0 Å². The lowest BCUT2D eigenvalue weighted by Crippen LogP contribution is -2.28. The van der Waals surface area contributed by atoms with Crippen molar-refractivity contribution in [3.8, 4) is 5.69 Å². The van der Waals surface area contributed by atoms with Gasteiger partial charge in [0.25, 0.3) is 5.91 Å². The molecule has 1 amide bonds. The van der Waals surface area contributed by atoms with Crippen molar-refractivity contribution in [3.05, 3.63) is 48.5 Å². The van der Waals surface area contributed by atoms with Gasteiger partial charge in [-0.2, -0.15) is 5.10 Å². The number of hydrogen-bond acceptors (Lipinski definition) is 4. The molecule has 1 N–H and O–H groups in total. The Morgan fingerprint density at radius 1 is 1.28 bits per heavy atom. The summed E-state index contributed by atoms with van der Waals surface area (Å²) in [6.45, 7) is 0. The monoisotopic (exact) mass is 332 g/mol. The largest absolute Gasteiger partial charge is 0.347 e. The molecule has 1 saturated carbocycles. The number of hydrogen-bond donors (Lipinski definition) is 1. The summed E-state index contributed by atoms with van der Waals surface area (Å²) < 4.78 is 3.63. The lowest BCUT2D eigenvalue weighted by molar-refractivity contribution is 0.0939. The van der Waals surface area contributed by atoms with Gasteiger partial charge in [-0.25, -0.2) is 9.97 Å². The molecule has 0 spiro atoms. The highest BCUT2D eigenvalue weighted by Gasteiger charge is 2.27. The topological polar surface area (TPSA) is 77.6 Å². The lowest BCUT2D eigenvalue weighted by atomic mass is 10.2. The number of carbonyl (C=O) groups excluding carboxylic acids is 1. The molecular weight excluding hydrogens is 316 g/mol. The molecule has 7 nitrogen and oxygen atoms in total. The van der Waals surface area contributed by atoms with E-state index in [1.54, 1.807) is 6.20 Å². The molecule has 1 aliphatic carbocycles. The van der Waals surface area contributed by atoms with Crippen molar-refractivity contribution in [2.24, 2.45) is 7.05 Å². The van der Waals surface area contributed by atoms with Gasteiger partial charge >= 0.3 is 0 Å². The molecule has 0 aliphatic heterocycles. The first-order valence-corrected chi connectivity index (χ1v) is 8.27. The van der Waals surface area contributed by atoms with Crippen LogP contribution in [-0.4, -0.2) is 36.3 Å². The first kappa shape index (κ1) is 14.2. The van der Waals surface area contributed by atoms with Crippen LogP contribution in [0, 0.1) is 0 Å². The molecule has 4 aromatic rings. The van der Waals surface area contributed by atoms with E-state index in [9.17, 15) is 4.79 Å². The predicted molar refractivity (Wildman–Crippen MR) is 93.6 cm³/mol. The van der Waals surface area contributed by atoms with Crippen LogP contribution in [0.5, 0.6) is 0 Å². The molecule has 3 aromatic heterocycles. The molecule has 3 heterocycles. The van der Waals surface area contributed by atoms with Crippen LogP contribution in [0.15, 0.2) is 42.7 Å². The Kier molecular flexibility index (Phi) is 2.91. The number of pyridine rings is 1. The second-order valence-corrected chi connectivity index (χ2v) is 6.38. The molecule has 1 fully saturated rings. The predicted octanol–water partition coefficient (Wildman–Crippen LogP) is 2.20. The summed E-state index contributed by atoms with van der Waals surface area (Å²) in [5, 5.41) is 8.35. The first-order chi connectivity index (χ1) is 12.2. The Balaban J connectivity index is 1.74. The average molecular weight is 332 g/mol. The molecule has 0 bridgehead atoms. The molecule has 0 saturated heterocycles. The summed E-state index contributed by atoms with van der Waals surface area (Å²) in [7, 11) is 1.90. The fourth-order valence-electron chi connectivity index (χ4n) is 3.06. The van der Waals surface area contributed by atoms with Gasteiger partial charge in [-0.3, -0.25) is 14.0 Å². The van der Waals surface area contributed by atoms with E-state index in [-0.39, 0.29) is 11.9 Å². The number of rotatable bonds is 3. The maximum Gasteiger partial charge on any atom is 0.287 e. The van der Waals surface area contributed by atoms with Gasteiger partial charge in [0.15, 0.2) is 5.65 Å². The molecule has 124 valence electrons. The molecule has 0 atom stereocenters. The van der Waals surface area contributed by atoms with Crippen LogP contribution in [0.25, 0.3) is 27.8 Å². The number of imidazole rings is 1. The molecule has 1 aromatic carbocycles. The van der Waals surface area contributed by atoms with Crippen molar-refractivity contribution in [1.29, 1.82) is 0 Å². The van der Waals surface area contributed by atoms with Crippen LogP contribution >= 0.6 is 0 Å². The van der Waals surface area contributed by atoms with Gasteiger partial charge in [0.1, 0.15) is 5.52 Å². The van der Waals surface area contributed by atoms with E-state index in [1.807, 2.05) is 52.8 Å². The summed E-state index contributed by atoms with van der Waals surface area (Å²) in [6.07, 6.45) is 5.60. The summed E-state index contributed by atoms with van der Waals surface area (Å²) in [5.41, 5.74) is 3.21. The van der Waals surface area contributed by atoms with Crippen LogP contribution in [0.4, 0.5) is 0 Å². The Labute approximate surface area is 143 Å². The summed E-state index contributed by atoms with van der Waals surface area (Å²) in [4.78, 5) is 21.7. The summed E-state index contributed by atoms with van der Waals surface area (Å²) in [5.74, 6) is 0.202. The Morgan fingerprint density at radius 3 is 3.00 bits per heavy atom. The normalized spacial score (nSPS) is 14.3. The van der Waals surface area contributed by atoms with Crippen molar-refractivity contribution < 1.29 is 4.79 Å². The summed E-state index contributed by atoms with van der Waals surface area (Å²) >= 11 is 0. The molecule has 5 rings (SSSR count). The van der Waals surface area contributed by atoms with Crippen LogP contribution < -0.4 is 5.32 Å². The maximum atomic E-state index is 12.7. The Morgan fingerprint density at radius 2 is 2.16 bits per heavy atom. The van der Waals surface area contributed by atoms with E-state index in [0.29, 0.717) is 17.0 Å². The minimum absolute atomic E-state index is 0.161. The van der Waals surface area contributed by atoms with E-state index in [2.05, 4.69) is 20.4 Å². The quantitative estimate of drug-likeness (QED) is 0.624. The lowest BCUT2D eigenvalue weighted by Gasteiger charge is -2.09. The molecule has 0 radical (unpaired) electrons. The van der Waals surface area contributed by atoms with E-state index in [4.69, 9.17) is 0 Å². The van der Waals surface area contributed by atoms with Crippen LogP contribution in [-0.2, 0) is 7.05 Å². The number of amides is 1. The number of nitrogens with zero attached hydrogens (tertiary/aromatic N) is 5. The Hall–Kier alpha value is -3.22. The van der Waals surface area contributed by atoms with E-state index in [1.165, 1.54) is 0 Å². The number of nitrogens with one attached hydrogen (secondary N) is 1. The van der Waals surface area contributed by atoms with Gasteiger partial charge < -0.3 is 5.32 Å². The third kappa shape index (κ3) is 2.27. The number of benzene rings is 1. The standard InChI is InChI=1S/C18H16N6O/c1-23-15-9-13(7-4-11(15)10-20-23)24-16-14(3-2-8-19-16)22-17(24)18(25)21-12-5-6-12/h2-4,7-10,12H,5-6H2,1H3,(H,21,25). The second kappa shape index (κ2) is 5.14. The zero-order valence-electron chi connectivity index (χ0n) is 13.7. The molecule has 25 heavy (non-hydrogen) atoms. The zero-order valence-corrected chi connectivity index (χ0v) is 13.7. The highest BCUT2D eigenvalue weighted by atomic mass is 16.2. The van der Waals surface area contributed by atoms with Gasteiger partial charge in [0.05, 0.1) is 17.4 Å². The third-order valence-electron chi connectivity index (χ3n) is 4.52. The number of aromatic nitrogens is 5. The molecule has 1 aliphatic rings. The van der Waals surface area contributed by atoms with Gasteiger partial charge in [0, 0.05) is 24.7 Å². The molecule has 7 heteroatoms. The summed E-state index contributed by atoms with van der Waals surface area (Å²) in [6, 6.07) is 9.93.